The van der Waals surface area contributed by atoms with Crippen molar-refractivity contribution in [2.45, 2.75) is 0 Å². The summed E-state index contributed by atoms with van der Waals surface area (Å²) < 4.78 is 5.91. The molecule has 0 fully saturated rings. The SMILES string of the molecule is COc1ccc(NC(=O)c2ccc(Cl)c(I)c2)cc1. The molecular formula is C14H11ClINO2. The highest BCUT2D eigenvalue weighted by Gasteiger charge is 2.08. The minimum absolute atomic E-state index is 0.167. The third kappa shape index (κ3) is 3.61. The predicted molar refractivity (Wildman–Crippen MR) is 85.1 cm³/mol. The lowest BCUT2D eigenvalue weighted by Crippen LogP contribution is -2.11. The summed E-state index contributed by atoms with van der Waals surface area (Å²) in [6.45, 7) is 0. The van der Waals surface area contributed by atoms with Crippen LogP contribution in [0, 0.1) is 3.57 Å². The molecule has 0 heterocycles. The molecule has 1 amide bonds. The topological polar surface area (TPSA) is 38.3 Å². The van der Waals surface area contributed by atoms with Gasteiger partial charge in [-0.15, -0.1) is 0 Å². The van der Waals surface area contributed by atoms with Gasteiger partial charge in [0.2, 0.25) is 0 Å². The Balaban J connectivity index is 2.13. The van der Waals surface area contributed by atoms with Gasteiger partial charge in [-0.2, -0.15) is 0 Å². The molecule has 0 saturated carbocycles. The molecule has 98 valence electrons. The fourth-order valence-corrected chi connectivity index (χ4v) is 2.15. The van der Waals surface area contributed by atoms with Crippen LogP contribution in [0.1, 0.15) is 10.4 Å². The number of rotatable bonds is 3. The average Bonchev–Trinajstić information content (AvgIpc) is 2.42. The number of nitrogens with one attached hydrogen (secondary N) is 1. The van der Waals surface area contributed by atoms with Crippen molar-refractivity contribution in [2.75, 3.05) is 12.4 Å². The second-order valence-corrected chi connectivity index (χ2v) is 5.38. The molecule has 0 atom stereocenters. The van der Waals surface area contributed by atoms with Crippen LogP contribution in [0.4, 0.5) is 5.69 Å². The summed E-state index contributed by atoms with van der Waals surface area (Å²) in [6, 6.07) is 12.3. The highest BCUT2D eigenvalue weighted by Crippen LogP contribution is 2.21. The molecule has 0 radical (unpaired) electrons. The summed E-state index contributed by atoms with van der Waals surface area (Å²) in [6.07, 6.45) is 0. The first kappa shape index (κ1) is 14.1. The molecule has 3 nitrogen and oxygen atoms in total. The summed E-state index contributed by atoms with van der Waals surface area (Å²) in [5.74, 6) is 0.582. The Bertz CT molecular complexity index is 599. The molecule has 19 heavy (non-hydrogen) atoms. The molecule has 2 aromatic carbocycles. The molecule has 0 unspecified atom stereocenters. The lowest BCUT2D eigenvalue weighted by atomic mass is 10.2. The molecule has 0 aliphatic heterocycles. The Hall–Kier alpha value is -1.27. The number of methoxy groups -OCH3 is 1. The molecule has 0 aromatic heterocycles. The van der Waals surface area contributed by atoms with Gasteiger partial charge in [0.25, 0.3) is 5.91 Å². The number of hydrogen-bond donors (Lipinski definition) is 1. The first-order valence-corrected chi connectivity index (χ1v) is 6.96. The highest BCUT2D eigenvalue weighted by atomic mass is 127. The van der Waals surface area contributed by atoms with E-state index >= 15 is 0 Å². The third-order valence-corrected chi connectivity index (χ3v) is 4.07. The number of hydrogen-bond acceptors (Lipinski definition) is 2. The molecule has 5 heteroatoms. The van der Waals surface area contributed by atoms with E-state index in [1.54, 1.807) is 49.6 Å². The second-order valence-electron chi connectivity index (χ2n) is 3.81. The maximum Gasteiger partial charge on any atom is 0.255 e. The molecule has 0 saturated heterocycles. The molecule has 0 aliphatic rings. The van der Waals surface area contributed by atoms with E-state index in [0.29, 0.717) is 10.6 Å². The largest absolute Gasteiger partial charge is 0.497 e. The fraction of sp³-hybridized carbons (Fsp3) is 0.0714. The first-order chi connectivity index (χ1) is 9.10. The van der Waals surface area contributed by atoms with E-state index in [9.17, 15) is 4.79 Å². The molecule has 0 spiro atoms. The van der Waals surface area contributed by atoms with Gasteiger partial charge in [-0.05, 0) is 65.1 Å². The number of amides is 1. The summed E-state index contributed by atoms with van der Waals surface area (Å²) in [7, 11) is 1.60. The van der Waals surface area contributed by atoms with Crippen LogP contribution < -0.4 is 10.1 Å². The lowest BCUT2D eigenvalue weighted by Gasteiger charge is -2.07. The van der Waals surface area contributed by atoms with Gasteiger partial charge in [0.1, 0.15) is 5.75 Å². The zero-order valence-corrected chi connectivity index (χ0v) is 13.0. The van der Waals surface area contributed by atoms with E-state index in [1.807, 2.05) is 0 Å². The van der Waals surface area contributed by atoms with Gasteiger partial charge in [0, 0.05) is 14.8 Å². The molecule has 2 aromatic rings. The first-order valence-electron chi connectivity index (χ1n) is 5.50. The summed E-state index contributed by atoms with van der Waals surface area (Å²) in [5.41, 5.74) is 1.29. The number of ether oxygens (including phenoxy) is 1. The van der Waals surface area contributed by atoms with Crippen LogP contribution in [0.15, 0.2) is 42.5 Å². The van der Waals surface area contributed by atoms with Crippen LogP contribution in [0.2, 0.25) is 5.02 Å². The van der Waals surface area contributed by atoms with Crippen molar-refractivity contribution in [3.05, 3.63) is 56.6 Å². The molecule has 2 rings (SSSR count). The van der Waals surface area contributed by atoms with E-state index in [1.165, 1.54) is 0 Å². The molecule has 0 bridgehead atoms. The van der Waals surface area contributed by atoms with Gasteiger partial charge in [-0.3, -0.25) is 4.79 Å². The Labute approximate surface area is 130 Å². The van der Waals surface area contributed by atoms with Gasteiger partial charge >= 0.3 is 0 Å². The Morgan fingerprint density at radius 2 is 1.89 bits per heavy atom. The number of carbonyl (C=O) groups excluding carboxylic acids is 1. The number of benzene rings is 2. The minimum atomic E-state index is -0.167. The van der Waals surface area contributed by atoms with Gasteiger partial charge in [0.15, 0.2) is 0 Å². The van der Waals surface area contributed by atoms with Crippen LogP contribution in [0.3, 0.4) is 0 Å². The van der Waals surface area contributed by atoms with E-state index in [-0.39, 0.29) is 5.91 Å². The molecule has 0 aliphatic carbocycles. The van der Waals surface area contributed by atoms with Crippen molar-refractivity contribution < 1.29 is 9.53 Å². The van der Waals surface area contributed by atoms with Crippen molar-refractivity contribution in [1.29, 1.82) is 0 Å². The highest BCUT2D eigenvalue weighted by molar-refractivity contribution is 14.1. The summed E-state index contributed by atoms with van der Waals surface area (Å²) in [4.78, 5) is 12.0. The summed E-state index contributed by atoms with van der Waals surface area (Å²) >= 11 is 8.02. The number of halogens is 2. The Morgan fingerprint density at radius 1 is 1.21 bits per heavy atom. The maximum atomic E-state index is 12.0. The Morgan fingerprint density at radius 3 is 2.47 bits per heavy atom. The quantitative estimate of drug-likeness (QED) is 0.802. The van der Waals surface area contributed by atoms with Crippen molar-refractivity contribution in [1.82, 2.24) is 0 Å². The van der Waals surface area contributed by atoms with Crippen LogP contribution in [-0.2, 0) is 0 Å². The van der Waals surface area contributed by atoms with Crippen molar-refractivity contribution in [3.8, 4) is 5.75 Å². The van der Waals surface area contributed by atoms with E-state index in [2.05, 4.69) is 27.9 Å². The van der Waals surface area contributed by atoms with E-state index in [4.69, 9.17) is 16.3 Å². The zero-order chi connectivity index (χ0) is 13.8. The standard InChI is InChI=1S/C14H11ClINO2/c1-19-11-5-3-10(4-6-11)17-14(18)9-2-7-12(15)13(16)8-9/h2-8H,1H3,(H,17,18). The van der Waals surface area contributed by atoms with Crippen LogP contribution in [0.25, 0.3) is 0 Å². The average molecular weight is 388 g/mol. The van der Waals surface area contributed by atoms with Crippen LogP contribution >= 0.6 is 34.2 Å². The predicted octanol–water partition coefficient (Wildman–Crippen LogP) is 4.21. The maximum absolute atomic E-state index is 12.0. The zero-order valence-electron chi connectivity index (χ0n) is 10.1. The van der Waals surface area contributed by atoms with E-state index in [0.717, 1.165) is 15.0 Å². The van der Waals surface area contributed by atoms with Crippen molar-refractivity contribution in [2.24, 2.45) is 0 Å². The lowest BCUT2D eigenvalue weighted by molar-refractivity contribution is 0.102. The monoisotopic (exact) mass is 387 g/mol. The molecular weight excluding hydrogens is 377 g/mol. The van der Waals surface area contributed by atoms with Crippen molar-refractivity contribution >= 4 is 45.8 Å². The van der Waals surface area contributed by atoms with Gasteiger partial charge in [0.05, 0.1) is 12.1 Å². The molecule has 1 N–H and O–H groups in total. The van der Waals surface area contributed by atoms with Gasteiger partial charge in [-0.1, -0.05) is 11.6 Å². The summed E-state index contributed by atoms with van der Waals surface area (Å²) in [5, 5.41) is 3.46. The van der Waals surface area contributed by atoms with E-state index < -0.39 is 0 Å². The number of carbonyl (C=O) groups is 1. The van der Waals surface area contributed by atoms with Crippen molar-refractivity contribution in [3.63, 3.8) is 0 Å². The minimum Gasteiger partial charge on any atom is -0.497 e. The van der Waals surface area contributed by atoms with Crippen LogP contribution in [0.5, 0.6) is 5.75 Å². The van der Waals surface area contributed by atoms with Gasteiger partial charge in [-0.25, -0.2) is 0 Å². The number of anilines is 1. The third-order valence-electron chi connectivity index (χ3n) is 2.53. The smallest absolute Gasteiger partial charge is 0.255 e. The second kappa shape index (κ2) is 6.25. The Kier molecular flexibility index (Phi) is 4.66. The van der Waals surface area contributed by atoms with Gasteiger partial charge < -0.3 is 10.1 Å². The normalized spacial score (nSPS) is 10.1. The van der Waals surface area contributed by atoms with Crippen LogP contribution in [-0.4, -0.2) is 13.0 Å². The fourth-order valence-electron chi connectivity index (χ4n) is 1.51.